The van der Waals surface area contributed by atoms with E-state index in [2.05, 4.69) is 21.2 Å². The minimum atomic E-state index is -0.859. The van der Waals surface area contributed by atoms with Gasteiger partial charge in [-0.25, -0.2) is 0 Å². The van der Waals surface area contributed by atoms with E-state index in [1.165, 1.54) is 11.3 Å². The number of carbonyl (C=O) groups excluding carboxylic acids is 1. The molecule has 2 N–H and O–H groups in total. The summed E-state index contributed by atoms with van der Waals surface area (Å²) in [4.78, 5) is 23.9. The first-order valence-electron chi connectivity index (χ1n) is 6.41. The first-order chi connectivity index (χ1) is 9.59. The number of carboxylic acid groups (broad SMARTS) is 1. The van der Waals surface area contributed by atoms with Crippen molar-refractivity contribution in [2.75, 3.05) is 19.8 Å². The molecule has 20 heavy (non-hydrogen) atoms. The number of amides is 1. The summed E-state index contributed by atoms with van der Waals surface area (Å²) < 4.78 is 5.98. The van der Waals surface area contributed by atoms with E-state index < -0.39 is 11.9 Å². The van der Waals surface area contributed by atoms with E-state index >= 15 is 0 Å². The molecular formula is C13H16BrNO4S. The van der Waals surface area contributed by atoms with Gasteiger partial charge in [-0.05, 0) is 46.1 Å². The largest absolute Gasteiger partial charge is 0.481 e. The molecule has 2 rings (SSSR count). The van der Waals surface area contributed by atoms with Crippen molar-refractivity contribution in [1.82, 2.24) is 5.32 Å². The molecule has 1 unspecified atom stereocenters. The van der Waals surface area contributed by atoms with Crippen LogP contribution >= 0.6 is 27.3 Å². The Hall–Kier alpha value is -0.920. The summed E-state index contributed by atoms with van der Waals surface area (Å²) in [7, 11) is 0. The highest BCUT2D eigenvalue weighted by Crippen LogP contribution is 2.25. The first kappa shape index (κ1) is 15.5. The van der Waals surface area contributed by atoms with Crippen LogP contribution in [0.4, 0.5) is 0 Å². The summed E-state index contributed by atoms with van der Waals surface area (Å²) in [5.74, 6) is -1.58. The lowest BCUT2D eigenvalue weighted by Crippen LogP contribution is -2.38. The number of nitrogens with one attached hydrogen (secondary N) is 1. The van der Waals surface area contributed by atoms with Gasteiger partial charge < -0.3 is 15.2 Å². The SMILES string of the molecule is O=C(NCC(C(=O)O)C1CCOCC1)c1sccc1Br. The van der Waals surface area contributed by atoms with Crippen LogP contribution in [-0.4, -0.2) is 36.7 Å². The lowest BCUT2D eigenvalue weighted by Gasteiger charge is -2.27. The van der Waals surface area contributed by atoms with E-state index in [-0.39, 0.29) is 18.4 Å². The van der Waals surface area contributed by atoms with Gasteiger partial charge in [0.1, 0.15) is 4.88 Å². The predicted octanol–water partition coefficient (Wildman–Crippen LogP) is 2.37. The van der Waals surface area contributed by atoms with Crippen LogP contribution in [0.15, 0.2) is 15.9 Å². The standard InChI is InChI=1S/C13H16BrNO4S/c14-10-3-6-20-11(10)12(16)15-7-9(13(17)18)8-1-4-19-5-2-8/h3,6,8-9H,1-2,4-5,7H2,(H,15,16)(H,17,18). The molecule has 0 aliphatic carbocycles. The molecule has 0 spiro atoms. The Bertz CT molecular complexity index is 484. The minimum absolute atomic E-state index is 0.0633. The van der Waals surface area contributed by atoms with Gasteiger partial charge >= 0.3 is 5.97 Å². The van der Waals surface area contributed by atoms with Gasteiger partial charge in [0.15, 0.2) is 0 Å². The minimum Gasteiger partial charge on any atom is -0.481 e. The van der Waals surface area contributed by atoms with E-state index in [9.17, 15) is 14.7 Å². The van der Waals surface area contributed by atoms with Crippen LogP contribution in [0.1, 0.15) is 22.5 Å². The number of thiophene rings is 1. The van der Waals surface area contributed by atoms with Gasteiger partial charge in [0.25, 0.3) is 5.91 Å². The molecule has 1 amide bonds. The molecule has 0 bridgehead atoms. The van der Waals surface area contributed by atoms with E-state index in [0.29, 0.717) is 18.1 Å². The quantitative estimate of drug-likeness (QED) is 0.843. The van der Waals surface area contributed by atoms with Crippen LogP contribution in [0.25, 0.3) is 0 Å². The summed E-state index contributed by atoms with van der Waals surface area (Å²) >= 11 is 4.62. The molecule has 1 aliphatic heterocycles. The molecule has 1 atom stereocenters. The normalized spacial score (nSPS) is 17.6. The molecule has 110 valence electrons. The Morgan fingerprint density at radius 1 is 1.50 bits per heavy atom. The Labute approximate surface area is 129 Å². The summed E-state index contributed by atoms with van der Waals surface area (Å²) in [5, 5.41) is 13.9. The molecular weight excluding hydrogens is 346 g/mol. The molecule has 1 aromatic heterocycles. The summed E-state index contributed by atoms with van der Waals surface area (Å²) in [6, 6.07) is 1.80. The van der Waals surface area contributed by atoms with Crippen LogP contribution in [0.3, 0.4) is 0 Å². The van der Waals surface area contributed by atoms with Gasteiger partial charge in [-0.2, -0.15) is 0 Å². The average molecular weight is 362 g/mol. The number of hydrogen-bond acceptors (Lipinski definition) is 4. The molecule has 0 saturated carbocycles. The van der Waals surface area contributed by atoms with E-state index in [1.54, 1.807) is 6.07 Å². The molecule has 1 fully saturated rings. The van der Waals surface area contributed by atoms with Crippen LogP contribution in [0.2, 0.25) is 0 Å². The van der Waals surface area contributed by atoms with Gasteiger partial charge in [-0.15, -0.1) is 11.3 Å². The van der Waals surface area contributed by atoms with Crippen molar-refractivity contribution in [2.24, 2.45) is 11.8 Å². The molecule has 2 heterocycles. The Morgan fingerprint density at radius 2 is 2.20 bits per heavy atom. The zero-order valence-electron chi connectivity index (χ0n) is 10.8. The second-order valence-electron chi connectivity index (χ2n) is 4.70. The third-order valence-corrected chi connectivity index (χ3v) is 5.29. The molecule has 5 nitrogen and oxygen atoms in total. The smallest absolute Gasteiger partial charge is 0.308 e. The number of carbonyl (C=O) groups is 2. The fraction of sp³-hybridized carbons (Fsp3) is 0.538. The average Bonchev–Trinajstić information content (AvgIpc) is 2.86. The zero-order chi connectivity index (χ0) is 14.5. The molecule has 1 aromatic rings. The fourth-order valence-corrected chi connectivity index (χ4v) is 3.78. The molecule has 0 aromatic carbocycles. The van der Waals surface area contributed by atoms with Crippen molar-refractivity contribution < 1.29 is 19.4 Å². The zero-order valence-corrected chi connectivity index (χ0v) is 13.2. The van der Waals surface area contributed by atoms with E-state index in [0.717, 1.165) is 17.3 Å². The maximum Gasteiger partial charge on any atom is 0.308 e. The Balaban J connectivity index is 1.93. The summed E-state index contributed by atoms with van der Waals surface area (Å²) in [5.41, 5.74) is 0. The lowest BCUT2D eigenvalue weighted by molar-refractivity contribution is -0.144. The highest BCUT2D eigenvalue weighted by atomic mass is 79.9. The topological polar surface area (TPSA) is 75.6 Å². The number of rotatable bonds is 5. The van der Waals surface area contributed by atoms with Crippen molar-refractivity contribution in [3.63, 3.8) is 0 Å². The maximum absolute atomic E-state index is 12.0. The Kier molecular flexibility index (Phi) is 5.56. The lowest BCUT2D eigenvalue weighted by atomic mass is 9.86. The first-order valence-corrected chi connectivity index (χ1v) is 8.08. The number of aliphatic carboxylic acids is 1. The van der Waals surface area contributed by atoms with Crippen molar-refractivity contribution in [1.29, 1.82) is 0 Å². The van der Waals surface area contributed by atoms with Crippen LogP contribution in [0, 0.1) is 11.8 Å². The van der Waals surface area contributed by atoms with E-state index in [1.807, 2.05) is 5.38 Å². The van der Waals surface area contributed by atoms with Gasteiger partial charge in [-0.1, -0.05) is 0 Å². The monoisotopic (exact) mass is 361 g/mol. The van der Waals surface area contributed by atoms with Crippen molar-refractivity contribution in [3.8, 4) is 0 Å². The number of carboxylic acids is 1. The number of ether oxygens (including phenoxy) is 1. The second-order valence-corrected chi connectivity index (χ2v) is 6.47. The summed E-state index contributed by atoms with van der Waals surface area (Å²) in [6.07, 6.45) is 1.46. The van der Waals surface area contributed by atoms with Crippen molar-refractivity contribution in [3.05, 3.63) is 20.8 Å². The molecule has 0 radical (unpaired) electrons. The maximum atomic E-state index is 12.0. The molecule has 7 heteroatoms. The fourth-order valence-electron chi connectivity index (χ4n) is 2.31. The van der Waals surface area contributed by atoms with Gasteiger partial charge in [0.05, 0.1) is 5.92 Å². The third kappa shape index (κ3) is 3.80. The third-order valence-electron chi connectivity index (χ3n) is 3.46. The molecule has 1 saturated heterocycles. The van der Waals surface area contributed by atoms with Gasteiger partial charge in [-0.3, -0.25) is 9.59 Å². The van der Waals surface area contributed by atoms with Crippen molar-refractivity contribution in [2.45, 2.75) is 12.8 Å². The Morgan fingerprint density at radius 3 is 2.75 bits per heavy atom. The summed E-state index contributed by atoms with van der Waals surface area (Å²) in [6.45, 7) is 1.35. The second kappa shape index (κ2) is 7.19. The van der Waals surface area contributed by atoms with Crippen LogP contribution in [-0.2, 0) is 9.53 Å². The molecule has 1 aliphatic rings. The number of hydrogen-bond donors (Lipinski definition) is 2. The van der Waals surface area contributed by atoms with Crippen LogP contribution < -0.4 is 5.32 Å². The van der Waals surface area contributed by atoms with Gasteiger partial charge in [0.2, 0.25) is 0 Å². The van der Waals surface area contributed by atoms with Crippen molar-refractivity contribution >= 4 is 39.1 Å². The highest BCUT2D eigenvalue weighted by Gasteiger charge is 2.30. The predicted molar refractivity (Wildman–Crippen MR) is 79.0 cm³/mol. The number of halogens is 1. The van der Waals surface area contributed by atoms with E-state index in [4.69, 9.17) is 4.74 Å². The van der Waals surface area contributed by atoms with Crippen LogP contribution in [0.5, 0.6) is 0 Å². The highest BCUT2D eigenvalue weighted by molar-refractivity contribution is 9.10. The van der Waals surface area contributed by atoms with Gasteiger partial charge in [0, 0.05) is 24.2 Å².